The number of carbonyl (C=O) groups is 1. The fourth-order valence-corrected chi connectivity index (χ4v) is 2.59. The van der Waals surface area contributed by atoms with Crippen LogP contribution in [0.4, 0.5) is 15.9 Å². The van der Waals surface area contributed by atoms with E-state index in [4.69, 9.17) is 0 Å². The molecule has 1 aliphatic rings. The lowest BCUT2D eigenvalue weighted by Crippen LogP contribution is -2.30. The Morgan fingerprint density at radius 3 is 3.00 bits per heavy atom. The maximum Gasteiger partial charge on any atom is 0.261 e. The lowest BCUT2D eigenvalue weighted by molar-refractivity contribution is 0.0985. The monoisotopic (exact) mass is 285 g/mol. The number of nitrogens with one attached hydrogen (secondary N) is 1. The van der Waals surface area contributed by atoms with Crippen LogP contribution in [0, 0.1) is 5.82 Å². The third kappa shape index (κ3) is 2.35. The van der Waals surface area contributed by atoms with Gasteiger partial charge in [0, 0.05) is 25.0 Å². The Morgan fingerprint density at radius 1 is 1.38 bits per heavy atom. The van der Waals surface area contributed by atoms with E-state index >= 15 is 0 Å². The number of anilines is 2. The second-order valence-electron chi connectivity index (χ2n) is 4.89. The van der Waals surface area contributed by atoms with Crippen molar-refractivity contribution < 1.29 is 9.18 Å². The van der Waals surface area contributed by atoms with Crippen molar-refractivity contribution in [3.05, 3.63) is 53.5 Å². The van der Waals surface area contributed by atoms with Crippen molar-refractivity contribution in [3.8, 4) is 0 Å². The Hall–Kier alpha value is -2.43. The van der Waals surface area contributed by atoms with Crippen LogP contribution >= 0.6 is 0 Å². The third-order valence-corrected chi connectivity index (χ3v) is 3.60. The second kappa shape index (κ2) is 5.52. The highest BCUT2D eigenvalue weighted by Crippen LogP contribution is 2.29. The van der Waals surface area contributed by atoms with Crippen LogP contribution in [-0.4, -0.2) is 24.0 Å². The van der Waals surface area contributed by atoms with E-state index in [0.717, 1.165) is 17.7 Å². The predicted octanol–water partition coefficient (Wildman–Crippen LogP) is 2.86. The SMILES string of the molecule is CCNc1nccc(C(=O)N2CCc3ccccc32)c1F. The quantitative estimate of drug-likeness (QED) is 0.943. The normalized spacial score (nSPS) is 13.1. The van der Waals surface area contributed by atoms with Gasteiger partial charge >= 0.3 is 0 Å². The molecular weight excluding hydrogens is 269 g/mol. The average molecular weight is 285 g/mol. The van der Waals surface area contributed by atoms with E-state index in [-0.39, 0.29) is 17.3 Å². The molecule has 1 N–H and O–H groups in total. The highest BCUT2D eigenvalue weighted by Gasteiger charge is 2.27. The van der Waals surface area contributed by atoms with Crippen LogP contribution in [0.15, 0.2) is 36.5 Å². The van der Waals surface area contributed by atoms with Gasteiger partial charge in [-0.25, -0.2) is 9.37 Å². The maximum absolute atomic E-state index is 14.4. The summed E-state index contributed by atoms with van der Waals surface area (Å²) >= 11 is 0. The number of pyridine rings is 1. The number of nitrogens with zero attached hydrogens (tertiary/aromatic N) is 2. The van der Waals surface area contributed by atoms with Crippen LogP contribution in [-0.2, 0) is 6.42 Å². The molecule has 1 aromatic carbocycles. The van der Waals surface area contributed by atoms with Crippen molar-refractivity contribution in [2.75, 3.05) is 23.3 Å². The minimum absolute atomic E-state index is 0.0534. The van der Waals surface area contributed by atoms with Gasteiger partial charge < -0.3 is 10.2 Å². The number of rotatable bonds is 3. The number of carbonyl (C=O) groups excluding carboxylic acids is 1. The first-order chi connectivity index (χ1) is 10.2. The summed E-state index contributed by atoms with van der Waals surface area (Å²) in [5.74, 6) is -0.788. The van der Waals surface area contributed by atoms with Gasteiger partial charge in [0.2, 0.25) is 0 Å². The van der Waals surface area contributed by atoms with E-state index < -0.39 is 5.82 Å². The van der Waals surface area contributed by atoms with E-state index in [2.05, 4.69) is 10.3 Å². The zero-order chi connectivity index (χ0) is 14.8. The standard InChI is InChI=1S/C16H16FN3O/c1-2-18-15-14(17)12(7-9-19-15)16(21)20-10-8-11-5-3-4-6-13(11)20/h3-7,9H,2,8,10H2,1H3,(H,18,19). The van der Waals surface area contributed by atoms with E-state index in [1.165, 1.54) is 12.3 Å². The molecule has 4 nitrogen and oxygen atoms in total. The molecule has 1 amide bonds. The zero-order valence-corrected chi connectivity index (χ0v) is 11.8. The van der Waals surface area contributed by atoms with Crippen LogP contribution in [0.25, 0.3) is 0 Å². The minimum Gasteiger partial charge on any atom is -0.368 e. The Morgan fingerprint density at radius 2 is 2.19 bits per heavy atom. The van der Waals surface area contributed by atoms with E-state index in [9.17, 15) is 9.18 Å². The molecule has 0 spiro atoms. The molecule has 0 fully saturated rings. The number of benzene rings is 1. The molecule has 21 heavy (non-hydrogen) atoms. The minimum atomic E-state index is -0.589. The van der Waals surface area contributed by atoms with Crippen LogP contribution in [0.1, 0.15) is 22.8 Å². The average Bonchev–Trinajstić information content (AvgIpc) is 2.93. The molecule has 0 unspecified atom stereocenters. The number of fused-ring (bicyclic) bond motifs is 1. The van der Waals surface area contributed by atoms with Crippen molar-refractivity contribution in [2.24, 2.45) is 0 Å². The second-order valence-corrected chi connectivity index (χ2v) is 4.89. The summed E-state index contributed by atoms with van der Waals surface area (Å²) in [5.41, 5.74) is 2.04. The van der Waals surface area contributed by atoms with Gasteiger partial charge in [-0.1, -0.05) is 18.2 Å². The first-order valence-corrected chi connectivity index (χ1v) is 7.00. The molecule has 108 valence electrons. The Balaban J connectivity index is 1.95. The van der Waals surface area contributed by atoms with Gasteiger partial charge in [0.05, 0.1) is 5.56 Å². The van der Waals surface area contributed by atoms with Crippen molar-refractivity contribution in [3.63, 3.8) is 0 Å². The Bertz CT molecular complexity index is 687. The van der Waals surface area contributed by atoms with Crippen LogP contribution in [0.2, 0.25) is 0 Å². The largest absolute Gasteiger partial charge is 0.368 e. The summed E-state index contributed by atoms with van der Waals surface area (Å²) in [6.07, 6.45) is 2.25. The predicted molar refractivity (Wildman–Crippen MR) is 80.2 cm³/mol. The van der Waals surface area contributed by atoms with Gasteiger partial charge in [-0.05, 0) is 31.0 Å². The van der Waals surface area contributed by atoms with Crippen molar-refractivity contribution >= 4 is 17.4 Å². The van der Waals surface area contributed by atoms with Crippen LogP contribution < -0.4 is 10.2 Å². The molecular formula is C16H16FN3O. The van der Waals surface area contributed by atoms with Gasteiger partial charge in [0.25, 0.3) is 5.91 Å². The zero-order valence-electron chi connectivity index (χ0n) is 11.8. The molecule has 5 heteroatoms. The lowest BCUT2D eigenvalue weighted by atomic mass is 10.1. The van der Waals surface area contributed by atoms with Crippen molar-refractivity contribution in [2.45, 2.75) is 13.3 Å². The number of amides is 1. The first kappa shape index (κ1) is 13.5. The molecule has 0 saturated carbocycles. The van der Waals surface area contributed by atoms with E-state index in [1.807, 2.05) is 31.2 Å². The number of hydrogen-bond donors (Lipinski definition) is 1. The van der Waals surface area contributed by atoms with Gasteiger partial charge in [-0.15, -0.1) is 0 Å². The summed E-state index contributed by atoms with van der Waals surface area (Å²) < 4.78 is 14.4. The molecule has 2 aromatic rings. The third-order valence-electron chi connectivity index (χ3n) is 3.60. The smallest absolute Gasteiger partial charge is 0.261 e. The Kier molecular flexibility index (Phi) is 3.56. The number of halogens is 1. The summed E-state index contributed by atoms with van der Waals surface area (Å²) in [7, 11) is 0. The van der Waals surface area contributed by atoms with Crippen LogP contribution in [0.5, 0.6) is 0 Å². The fraction of sp³-hybridized carbons (Fsp3) is 0.250. The first-order valence-electron chi connectivity index (χ1n) is 7.00. The molecule has 0 atom stereocenters. The van der Waals surface area contributed by atoms with Gasteiger partial charge in [0.1, 0.15) is 0 Å². The van der Waals surface area contributed by atoms with Crippen molar-refractivity contribution in [1.29, 1.82) is 0 Å². The van der Waals surface area contributed by atoms with E-state index in [1.54, 1.807) is 4.90 Å². The summed E-state index contributed by atoms with van der Waals surface area (Å²) in [5, 5.41) is 2.82. The highest BCUT2D eigenvalue weighted by atomic mass is 19.1. The molecule has 0 saturated heterocycles. The van der Waals surface area contributed by atoms with Gasteiger partial charge in [-0.3, -0.25) is 4.79 Å². The van der Waals surface area contributed by atoms with E-state index in [0.29, 0.717) is 13.1 Å². The number of para-hydroxylation sites is 1. The molecule has 3 rings (SSSR count). The van der Waals surface area contributed by atoms with Gasteiger partial charge in [0.15, 0.2) is 11.6 Å². The molecule has 0 radical (unpaired) electrons. The molecule has 0 aliphatic carbocycles. The molecule has 0 bridgehead atoms. The topological polar surface area (TPSA) is 45.2 Å². The highest BCUT2D eigenvalue weighted by molar-refractivity contribution is 6.07. The van der Waals surface area contributed by atoms with Crippen molar-refractivity contribution in [1.82, 2.24) is 4.98 Å². The number of aromatic nitrogens is 1. The number of hydrogen-bond acceptors (Lipinski definition) is 3. The molecule has 1 aliphatic heterocycles. The van der Waals surface area contributed by atoms with Crippen LogP contribution in [0.3, 0.4) is 0 Å². The summed E-state index contributed by atoms with van der Waals surface area (Å²) in [6, 6.07) is 9.15. The Labute approximate surface area is 122 Å². The summed E-state index contributed by atoms with van der Waals surface area (Å²) in [4.78, 5) is 18.2. The lowest BCUT2D eigenvalue weighted by Gasteiger charge is -2.18. The fourth-order valence-electron chi connectivity index (χ4n) is 2.59. The molecule has 1 aromatic heterocycles. The maximum atomic E-state index is 14.4. The summed E-state index contributed by atoms with van der Waals surface area (Å²) in [6.45, 7) is 2.98. The molecule has 2 heterocycles. The van der Waals surface area contributed by atoms with Gasteiger partial charge in [-0.2, -0.15) is 0 Å².